The molecule has 0 fully saturated rings. The van der Waals surface area contributed by atoms with Crippen molar-refractivity contribution in [1.29, 1.82) is 0 Å². The number of aliphatic hydroxyl groups is 1. The third-order valence-electron chi connectivity index (χ3n) is 4.84. The van der Waals surface area contributed by atoms with Gasteiger partial charge in [-0.2, -0.15) is 0 Å². The van der Waals surface area contributed by atoms with E-state index in [-0.39, 0.29) is 6.61 Å². The Labute approximate surface area is 153 Å². The molecular formula is C22H23NO3. The van der Waals surface area contributed by atoms with Crippen LogP contribution in [0, 0.1) is 0 Å². The Balaban J connectivity index is 1.37. The van der Waals surface area contributed by atoms with Gasteiger partial charge in [-0.15, -0.1) is 0 Å². The van der Waals surface area contributed by atoms with Crippen LogP contribution in [0.2, 0.25) is 0 Å². The molecule has 134 valence electrons. The number of ether oxygens (including phenoxy) is 2. The largest absolute Gasteiger partial charge is 0.497 e. The van der Waals surface area contributed by atoms with Crippen LogP contribution in [0.4, 0.5) is 0 Å². The lowest BCUT2D eigenvalue weighted by Gasteiger charge is -2.30. The number of aliphatic hydroxyl groups excluding tert-OH is 1. The summed E-state index contributed by atoms with van der Waals surface area (Å²) in [5.41, 5.74) is 2.65. The van der Waals surface area contributed by atoms with Gasteiger partial charge in [0.1, 0.15) is 24.2 Å². The maximum Gasteiger partial charge on any atom is 0.119 e. The van der Waals surface area contributed by atoms with Crippen molar-refractivity contribution in [2.24, 2.45) is 0 Å². The van der Waals surface area contributed by atoms with Gasteiger partial charge in [0, 0.05) is 19.6 Å². The molecule has 1 aliphatic rings. The van der Waals surface area contributed by atoms with Gasteiger partial charge in [-0.25, -0.2) is 0 Å². The summed E-state index contributed by atoms with van der Waals surface area (Å²) in [7, 11) is 1.64. The van der Waals surface area contributed by atoms with Crippen LogP contribution < -0.4 is 9.47 Å². The molecule has 4 heteroatoms. The molecule has 0 saturated heterocycles. The Morgan fingerprint density at radius 1 is 0.923 bits per heavy atom. The number of rotatable bonds is 6. The number of benzene rings is 3. The maximum atomic E-state index is 10.4. The van der Waals surface area contributed by atoms with Crippen LogP contribution in [0.3, 0.4) is 0 Å². The Kier molecular flexibility index (Phi) is 4.78. The second-order valence-corrected chi connectivity index (χ2v) is 6.74. The van der Waals surface area contributed by atoms with E-state index >= 15 is 0 Å². The first-order chi connectivity index (χ1) is 12.7. The van der Waals surface area contributed by atoms with E-state index < -0.39 is 6.10 Å². The van der Waals surface area contributed by atoms with Gasteiger partial charge in [-0.3, -0.25) is 4.90 Å². The van der Waals surface area contributed by atoms with Crippen molar-refractivity contribution in [1.82, 2.24) is 4.90 Å². The molecule has 1 N–H and O–H groups in total. The highest BCUT2D eigenvalue weighted by molar-refractivity contribution is 5.89. The zero-order valence-corrected chi connectivity index (χ0v) is 14.9. The lowest BCUT2D eigenvalue weighted by atomic mass is 9.95. The number of hydrogen-bond acceptors (Lipinski definition) is 4. The first-order valence-corrected chi connectivity index (χ1v) is 8.90. The molecule has 1 atom stereocenters. The molecule has 1 heterocycles. The van der Waals surface area contributed by atoms with Gasteiger partial charge >= 0.3 is 0 Å². The molecule has 4 nitrogen and oxygen atoms in total. The van der Waals surface area contributed by atoms with E-state index in [1.54, 1.807) is 7.11 Å². The minimum absolute atomic E-state index is 0.272. The number of methoxy groups -OCH3 is 1. The molecule has 0 amide bonds. The predicted molar refractivity (Wildman–Crippen MR) is 103 cm³/mol. The quantitative estimate of drug-likeness (QED) is 0.738. The van der Waals surface area contributed by atoms with E-state index in [1.807, 2.05) is 24.3 Å². The van der Waals surface area contributed by atoms with Gasteiger partial charge < -0.3 is 14.6 Å². The topological polar surface area (TPSA) is 41.9 Å². The normalized spacial score (nSPS) is 15.0. The van der Waals surface area contributed by atoms with Crippen LogP contribution >= 0.6 is 0 Å². The first-order valence-electron chi connectivity index (χ1n) is 8.90. The summed E-state index contributed by atoms with van der Waals surface area (Å²) < 4.78 is 10.8. The summed E-state index contributed by atoms with van der Waals surface area (Å²) in [6, 6.07) is 20.3. The summed E-state index contributed by atoms with van der Waals surface area (Å²) in [5.74, 6) is 1.53. The summed E-state index contributed by atoms with van der Waals surface area (Å²) >= 11 is 0. The minimum Gasteiger partial charge on any atom is -0.497 e. The van der Waals surface area contributed by atoms with Crippen molar-refractivity contribution >= 4 is 10.8 Å². The Hall–Kier alpha value is -2.56. The molecule has 1 aliphatic heterocycles. The van der Waals surface area contributed by atoms with Crippen molar-refractivity contribution in [2.45, 2.75) is 19.2 Å². The van der Waals surface area contributed by atoms with Crippen LogP contribution in [0.25, 0.3) is 10.8 Å². The molecule has 26 heavy (non-hydrogen) atoms. The van der Waals surface area contributed by atoms with Crippen LogP contribution in [-0.4, -0.2) is 36.4 Å². The maximum absolute atomic E-state index is 10.4. The molecule has 0 aromatic heterocycles. The van der Waals surface area contributed by atoms with Crippen molar-refractivity contribution in [3.8, 4) is 11.5 Å². The smallest absolute Gasteiger partial charge is 0.119 e. The van der Waals surface area contributed by atoms with Gasteiger partial charge in [0.25, 0.3) is 0 Å². The molecule has 4 rings (SSSR count). The van der Waals surface area contributed by atoms with Crippen molar-refractivity contribution < 1.29 is 14.6 Å². The first kappa shape index (κ1) is 16.9. The number of nitrogens with zero attached hydrogens (tertiary/aromatic N) is 1. The molecule has 3 aromatic carbocycles. The highest BCUT2D eigenvalue weighted by Gasteiger charge is 2.20. The van der Waals surface area contributed by atoms with E-state index in [9.17, 15) is 5.11 Å². The fraction of sp³-hybridized carbons (Fsp3) is 0.273. The predicted octanol–water partition coefficient (Wildman–Crippen LogP) is 3.60. The molecular weight excluding hydrogens is 326 g/mol. The third kappa shape index (κ3) is 3.52. The average molecular weight is 349 g/mol. The zero-order chi connectivity index (χ0) is 17.9. The van der Waals surface area contributed by atoms with Gasteiger partial charge in [-0.1, -0.05) is 36.4 Å². The van der Waals surface area contributed by atoms with E-state index in [0.29, 0.717) is 6.54 Å². The Morgan fingerprint density at radius 3 is 2.15 bits per heavy atom. The molecule has 0 saturated carbocycles. The fourth-order valence-corrected chi connectivity index (χ4v) is 3.65. The fourth-order valence-electron chi connectivity index (χ4n) is 3.65. The summed E-state index contributed by atoms with van der Waals surface area (Å²) in [5, 5.41) is 13.1. The van der Waals surface area contributed by atoms with Crippen LogP contribution in [-0.2, 0) is 13.1 Å². The SMILES string of the molecule is COc1ccc(OCC(O)CN2Cc3cccc4cccc(c34)C2)cc1. The monoisotopic (exact) mass is 349 g/mol. The lowest BCUT2D eigenvalue weighted by Crippen LogP contribution is -2.36. The molecule has 0 radical (unpaired) electrons. The zero-order valence-electron chi connectivity index (χ0n) is 14.9. The van der Waals surface area contributed by atoms with Gasteiger partial charge in [0.05, 0.1) is 7.11 Å². The van der Waals surface area contributed by atoms with Crippen molar-refractivity contribution in [3.63, 3.8) is 0 Å². The summed E-state index contributed by atoms with van der Waals surface area (Å²) in [6.45, 7) is 2.57. The average Bonchev–Trinajstić information content (AvgIpc) is 2.67. The minimum atomic E-state index is -0.540. The van der Waals surface area contributed by atoms with Crippen molar-refractivity contribution in [2.75, 3.05) is 20.3 Å². The van der Waals surface area contributed by atoms with E-state index in [2.05, 4.69) is 41.3 Å². The number of hydrogen-bond donors (Lipinski definition) is 1. The van der Waals surface area contributed by atoms with Gasteiger partial charge in [-0.05, 0) is 46.2 Å². The highest BCUT2D eigenvalue weighted by Crippen LogP contribution is 2.29. The lowest BCUT2D eigenvalue weighted by molar-refractivity contribution is 0.0621. The van der Waals surface area contributed by atoms with Crippen molar-refractivity contribution in [3.05, 3.63) is 71.8 Å². The summed E-state index contributed by atoms with van der Waals surface area (Å²) in [6.07, 6.45) is -0.540. The molecule has 0 spiro atoms. The standard InChI is InChI=1S/C22H23NO3/c1-25-20-8-10-21(11-9-20)26-15-19(24)14-23-12-17-6-2-4-16-5-3-7-18(13-23)22(16)17/h2-11,19,24H,12-15H2,1H3. The van der Waals surface area contributed by atoms with Gasteiger partial charge in [0.15, 0.2) is 0 Å². The summed E-state index contributed by atoms with van der Waals surface area (Å²) in [4.78, 5) is 2.28. The van der Waals surface area contributed by atoms with Crippen LogP contribution in [0.1, 0.15) is 11.1 Å². The second-order valence-electron chi connectivity index (χ2n) is 6.74. The number of β-amino-alcohol motifs (C(OH)–C–C–N with tert-alkyl or cyclic N) is 1. The second kappa shape index (κ2) is 7.36. The Morgan fingerprint density at radius 2 is 1.54 bits per heavy atom. The third-order valence-corrected chi connectivity index (χ3v) is 4.84. The van der Waals surface area contributed by atoms with Crippen LogP contribution in [0.5, 0.6) is 11.5 Å². The van der Waals surface area contributed by atoms with E-state index in [0.717, 1.165) is 24.6 Å². The molecule has 0 bridgehead atoms. The Bertz CT molecular complexity index is 851. The molecule has 3 aromatic rings. The highest BCUT2D eigenvalue weighted by atomic mass is 16.5. The van der Waals surface area contributed by atoms with E-state index in [1.165, 1.54) is 21.9 Å². The molecule has 0 aliphatic carbocycles. The van der Waals surface area contributed by atoms with E-state index in [4.69, 9.17) is 9.47 Å². The van der Waals surface area contributed by atoms with Crippen LogP contribution in [0.15, 0.2) is 60.7 Å². The molecule has 1 unspecified atom stereocenters. The van der Waals surface area contributed by atoms with Gasteiger partial charge in [0.2, 0.25) is 0 Å².